The molecule has 1 rings (SSSR count). The molecule has 0 saturated heterocycles. The van der Waals surface area contributed by atoms with Gasteiger partial charge in [-0.2, -0.15) is 5.06 Å². The van der Waals surface area contributed by atoms with Gasteiger partial charge < -0.3 is 19.7 Å². The third-order valence-electron chi connectivity index (χ3n) is 2.32. The van der Waals surface area contributed by atoms with E-state index in [2.05, 4.69) is 0 Å². The molecular formula is C12H17NO6. The second-order valence-corrected chi connectivity index (χ2v) is 3.65. The first-order valence-electron chi connectivity index (χ1n) is 5.56. The molecule has 0 fully saturated rings. The molecule has 1 aromatic carbocycles. The summed E-state index contributed by atoms with van der Waals surface area (Å²) >= 11 is 0. The number of methoxy groups -OCH3 is 2. The molecule has 2 N–H and O–H groups in total. The fourth-order valence-electron chi connectivity index (χ4n) is 1.39. The Morgan fingerprint density at radius 3 is 2.63 bits per heavy atom. The number of amides is 1. The van der Waals surface area contributed by atoms with Gasteiger partial charge in [-0.15, -0.1) is 0 Å². The Hall–Kier alpha value is -1.99. The molecule has 0 aliphatic heterocycles. The van der Waals surface area contributed by atoms with E-state index in [9.17, 15) is 9.90 Å². The molecule has 0 aliphatic rings. The average molecular weight is 271 g/mol. The molecule has 106 valence electrons. The van der Waals surface area contributed by atoms with Gasteiger partial charge in [-0.1, -0.05) is 6.07 Å². The molecule has 0 spiro atoms. The van der Waals surface area contributed by atoms with Crippen molar-refractivity contribution in [3.63, 3.8) is 0 Å². The Morgan fingerprint density at radius 1 is 1.32 bits per heavy atom. The number of nitrogens with zero attached hydrogens (tertiary/aromatic N) is 1. The van der Waals surface area contributed by atoms with Crippen molar-refractivity contribution >= 4 is 6.09 Å². The lowest BCUT2D eigenvalue weighted by atomic mass is 10.2. The van der Waals surface area contributed by atoms with Crippen LogP contribution in [0.1, 0.15) is 5.56 Å². The van der Waals surface area contributed by atoms with Gasteiger partial charge in [-0.05, 0) is 17.7 Å². The van der Waals surface area contributed by atoms with Gasteiger partial charge in [0, 0.05) is 7.11 Å². The molecular weight excluding hydrogens is 254 g/mol. The van der Waals surface area contributed by atoms with Crippen LogP contribution in [0.5, 0.6) is 11.5 Å². The highest BCUT2D eigenvalue weighted by atomic mass is 16.7. The number of aromatic hydroxyl groups is 1. The normalized spacial score (nSPS) is 10.2. The maximum absolute atomic E-state index is 11.0. The summed E-state index contributed by atoms with van der Waals surface area (Å²) in [4.78, 5) is 16.1. The number of hydrogen-bond acceptors (Lipinski definition) is 5. The quantitative estimate of drug-likeness (QED) is 0.576. The van der Waals surface area contributed by atoms with Crippen LogP contribution < -0.4 is 4.74 Å². The first kappa shape index (κ1) is 15.1. The highest BCUT2D eigenvalue weighted by molar-refractivity contribution is 5.63. The Balaban J connectivity index is 2.70. The summed E-state index contributed by atoms with van der Waals surface area (Å²) in [5.74, 6) is 0.271. The third kappa shape index (κ3) is 4.65. The summed E-state index contributed by atoms with van der Waals surface area (Å²) in [6.07, 6.45) is -1.21. The van der Waals surface area contributed by atoms with Gasteiger partial charge in [0.2, 0.25) is 0 Å². The zero-order valence-electron chi connectivity index (χ0n) is 10.8. The van der Waals surface area contributed by atoms with E-state index in [1.54, 1.807) is 12.1 Å². The molecule has 0 unspecified atom stereocenters. The second kappa shape index (κ2) is 7.45. The first-order valence-corrected chi connectivity index (χ1v) is 5.56. The Bertz CT molecular complexity index is 423. The van der Waals surface area contributed by atoms with Gasteiger partial charge in [0.1, 0.15) is 0 Å². The molecule has 0 heterocycles. The molecule has 0 aliphatic carbocycles. The summed E-state index contributed by atoms with van der Waals surface area (Å²) in [7, 11) is 2.92. The second-order valence-electron chi connectivity index (χ2n) is 3.65. The van der Waals surface area contributed by atoms with E-state index in [1.807, 2.05) is 0 Å². The van der Waals surface area contributed by atoms with E-state index in [0.29, 0.717) is 12.2 Å². The van der Waals surface area contributed by atoms with Crippen LogP contribution in [-0.2, 0) is 16.1 Å². The number of carboxylic acid groups (broad SMARTS) is 1. The molecule has 1 aromatic rings. The molecule has 0 radical (unpaired) electrons. The minimum Gasteiger partial charge on any atom is -0.504 e. The first-order chi connectivity index (χ1) is 9.08. The number of hydrogen-bond donors (Lipinski definition) is 2. The van der Waals surface area contributed by atoms with Crippen LogP contribution >= 0.6 is 0 Å². The van der Waals surface area contributed by atoms with Crippen LogP contribution in [0.25, 0.3) is 0 Å². The zero-order valence-corrected chi connectivity index (χ0v) is 10.8. The maximum Gasteiger partial charge on any atom is 0.431 e. The lowest BCUT2D eigenvalue weighted by Crippen LogP contribution is -2.30. The molecule has 19 heavy (non-hydrogen) atoms. The van der Waals surface area contributed by atoms with Crippen molar-refractivity contribution in [3.8, 4) is 11.5 Å². The standard InChI is InChI=1S/C12H17NO6/c1-17-5-6-19-13(12(15)16)8-9-3-4-10(14)11(7-9)18-2/h3-4,7,14H,5-6,8H2,1-2H3,(H,15,16). The van der Waals surface area contributed by atoms with E-state index in [0.717, 1.165) is 5.06 Å². The molecule has 0 bridgehead atoms. The summed E-state index contributed by atoms with van der Waals surface area (Å²) in [6, 6.07) is 4.57. The van der Waals surface area contributed by atoms with Crippen LogP contribution in [0.4, 0.5) is 4.79 Å². The molecule has 0 aromatic heterocycles. The summed E-state index contributed by atoms with van der Waals surface area (Å²) in [5.41, 5.74) is 0.634. The van der Waals surface area contributed by atoms with E-state index in [1.165, 1.54) is 20.3 Å². The minimum atomic E-state index is -1.21. The van der Waals surface area contributed by atoms with E-state index >= 15 is 0 Å². The number of rotatable bonds is 7. The number of hydroxylamine groups is 2. The van der Waals surface area contributed by atoms with Crippen LogP contribution in [0.15, 0.2) is 18.2 Å². The topological polar surface area (TPSA) is 88.5 Å². The van der Waals surface area contributed by atoms with Gasteiger partial charge in [0.05, 0.1) is 26.9 Å². The molecule has 0 atom stereocenters. The maximum atomic E-state index is 11.0. The van der Waals surface area contributed by atoms with Crippen molar-refractivity contribution in [2.45, 2.75) is 6.54 Å². The molecule has 7 heteroatoms. The summed E-state index contributed by atoms with van der Waals surface area (Å²) < 4.78 is 9.73. The van der Waals surface area contributed by atoms with Gasteiger partial charge in [0.15, 0.2) is 11.5 Å². The van der Waals surface area contributed by atoms with E-state index in [4.69, 9.17) is 19.4 Å². The smallest absolute Gasteiger partial charge is 0.431 e. The Labute approximate surface area is 110 Å². The monoisotopic (exact) mass is 271 g/mol. The SMILES string of the molecule is COCCON(Cc1ccc(O)c(OC)c1)C(=O)O. The lowest BCUT2D eigenvalue weighted by Gasteiger charge is -2.18. The van der Waals surface area contributed by atoms with Crippen LogP contribution in [0.3, 0.4) is 0 Å². The van der Waals surface area contributed by atoms with Crippen molar-refractivity contribution in [3.05, 3.63) is 23.8 Å². The summed E-state index contributed by atoms with van der Waals surface area (Å²) in [6.45, 7) is 0.455. The third-order valence-corrected chi connectivity index (χ3v) is 2.32. The number of ether oxygens (including phenoxy) is 2. The van der Waals surface area contributed by atoms with Gasteiger partial charge in [-0.3, -0.25) is 4.84 Å². The highest BCUT2D eigenvalue weighted by Crippen LogP contribution is 2.26. The van der Waals surface area contributed by atoms with Crippen LogP contribution in [0, 0.1) is 0 Å². The number of carbonyl (C=O) groups is 1. The van der Waals surface area contributed by atoms with Crippen LogP contribution in [-0.4, -0.2) is 48.8 Å². The van der Waals surface area contributed by atoms with Crippen molar-refractivity contribution in [2.75, 3.05) is 27.4 Å². The van der Waals surface area contributed by atoms with Crippen molar-refractivity contribution in [2.24, 2.45) is 0 Å². The largest absolute Gasteiger partial charge is 0.504 e. The van der Waals surface area contributed by atoms with Gasteiger partial charge in [-0.25, -0.2) is 4.79 Å². The van der Waals surface area contributed by atoms with E-state index < -0.39 is 6.09 Å². The number of phenolic OH excluding ortho intramolecular Hbond substituents is 1. The molecule has 0 saturated carbocycles. The predicted octanol–water partition coefficient (Wildman–Crippen LogP) is 1.46. The van der Waals surface area contributed by atoms with E-state index in [-0.39, 0.29) is 24.7 Å². The minimum absolute atomic E-state index is 0.00609. The number of phenols is 1. The number of benzene rings is 1. The van der Waals surface area contributed by atoms with Gasteiger partial charge >= 0.3 is 6.09 Å². The fraction of sp³-hybridized carbons (Fsp3) is 0.417. The van der Waals surface area contributed by atoms with Gasteiger partial charge in [0.25, 0.3) is 0 Å². The Morgan fingerprint density at radius 2 is 2.05 bits per heavy atom. The average Bonchev–Trinajstić information content (AvgIpc) is 2.39. The zero-order chi connectivity index (χ0) is 14.3. The molecule has 7 nitrogen and oxygen atoms in total. The molecule has 1 amide bonds. The fourth-order valence-corrected chi connectivity index (χ4v) is 1.39. The summed E-state index contributed by atoms with van der Waals surface area (Å²) in [5, 5.41) is 19.2. The predicted molar refractivity (Wildman–Crippen MR) is 66.1 cm³/mol. The highest BCUT2D eigenvalue weighted by Gasteiger charge is 2.14. The Kier molecular flexibility index (Phi) is 5.91. The van der Waals surface area contributed by atoms with Crippen molar-refractivity contribution < 1.29 is 29.3 Å². The lowest BCUT2D eigenvalue weighted by molar-refractivity contribution is -0.146. The van der Waals surface area contributed by atoms with Crippen LogP contribution in [0.2, 0.25) is 0 Å². The van der Waals surface area contributed by atoms with Crippen molar-refractivity contribution in [1.29, 1.82) is 0 Å². The van der Waals surface area contributed by atoms with Crippen molar-refractivity contribution in [1.82, 2.24) is 5.06 Å².